The molecule has 3 rings (SSSR count). The van der Waals surface area contributed by atoms with E-state index < -0.39 is 0 Å². The number of hydrogen-bond donors (Lipinski definition) is 1. The van der Waals surface area contributed by atoms with Gasteiger partial charge in [-0.15, -0.1) is 0 Å². The fourth-order valence-corrected chi connectivity index (χ4v) is 2.97. The van der Waals surface area contributed by atoms with Crippen molar-refractivity contribution < 1.29 is 4.74 Å². The van der Waals surface area contributed by atoms with Crippen LogP contribution in [-0.4, -0.2) is 7.11 Å². The number of ether oxygens (including phenoxy) is 1. The summed E-state index contributed by atoms with van der Waals surface area (Å²) in [5.41, 5.74) is 10.4. The molecule has 1 aliphatic carbocycles. The lowest BCUT2D eigenvalue weighted by Crippen LogP contribution is -2.18. The Hall–Kier alpha value is -1.80. The number of benzene rings is 2. The van der Waals surface area contributed by atoms with Crippen LogP contribution in [-0.2, 0) is 12.8 Å². The first-order valence-electron chi connectivity index (χ1n) is 6.74. The molecule has 2 nitrogen and oxygen atoms in total. The molecule has 1 aliphatic rings. The SMILES string of the molecule is COc1ccc(CC2Cc3ccccc3C2N)cc1. The highest BCUT2D eigenvalue weighted by molar-refractivity contribution is 5.36. The Bertz CT molecular complexity index is 562. The van der Waals surface area contributed by atoms with E-state index in [0.29, 0.717) is 5.92 Å². The molecule has 2 atom stereocenters. The Morgan fingerprint density at radius 1 is 1.11 bits per heavy atom. The minimum Gasteiger partial charge on any atom is -0.497 e. The van der Waals surface area contributed by atoms with Gasteiger partial charge in [0, 0.05) is 6.04 Å². The molecular weight excluding hydrogens is 234 g/mol. The minimum atomic E-state index is 0.165. The van der Waals surface area contributed by atoms with Crippen LogP contribution in [0.25, 0.3) is 0 Å². The van der Waals surface area contributed by atoms with Crippen molar-refractivity contribution in [3.05, 3.63) is 65.2 Å². The van der Waals surface area contributed by atoms with Crippen molar-refractivity contribution in [1.82, 2.24) is 0 Å². The molecule has 0 spiro atoms. The molecule has 98 valence electrons. The Balaban J connectivity index is 1.75. The van der Waals surface area contributed by atoms with Crippen LogP contribution in [0.15, 0.2) is 48.5 Å². The molecule has 0 heterocycles. The van der Waals surface area contributed by atoms with Gasteiger partial charge in [-0.1, -0.05) is 36.4 Å². The normalized spacial score (nSPS) is 21.2. The summed E-state index contributed by atoms with van der Waals surface area (Å²) in [6.45, 7) is 0. The smallest absolute Gasteiger partial charge is 0.118 e. The van der Waals surface area contributed by atoms with Crippen LogP contribution in [0.4, 0.5) is 0 Å². The van der Waals surface area contributed by atoms with Crippen molar-refractivity contribution in [3.63, 3.8) is 0 Å². The van der Waals surface area contributed by atoms with Gasteiger partial charge in [0.25, 0.3) is 0 Å². The van der Waals surface area contributed by atoms with Crippen LogP contribution in [0.2, 0.25) is 0 Å². The van der Waals surface area contributed by atoms with E-state index in [4.69, 9.17) is 10.5 Å². The maximum atomic E-state index is 6.37. The Labute approximate surface area is 114 Å². The van der Waals surface area contributed by atoms with Crippen LogP contribution in [0.1, 0.15) is 22.7 Å². The first-order valence-corrected chi connectivity index (χ1v) is 6.74. The monoisotopic (exact) mass is 253 g/mol. The van der Waals surface area contributed by atoms with Crippen molar-refractivity contribution in [3.8, 4) is 5.75 Å². The van der Waals surface area contributed by atoms with Crippen LogP contribution in [0, 0.1) is 5.92 Å². The zero-order chi connectivity index (χ0) is 13.2. The van der Waals surface area contributed by atoms with E-state index in [1.54, 1.807) is 7.11 Å². The van der Waals surface area contributed by atoms with E-state index in [1.165, 1.54) is 16.7 Å². The predicted octanol–water partition coefficient (Wildman–Crippen LogP) is 3.11. The summed E-state index contributed by atoms with van der Waals surface area (Å²) >= 11 is 0. The van der Waals surface area contributed by atoms with Gasteiger partial charge in [-0.2, -0.15) is 0 Å². The molecule has 0 saturated carbocycles. The second-order valence-corrected chi connectivity index (χ2v) is 5.24. The highest BCUT2D eigenvalue weighted by Crippen LogP contribution is 2.36. The average molecular weight is 253 g/mol. The molecule has 2 heteroatoms. The molecule has 19 heavy (non-hydrogen) atoms. The standard InChI is InChI=1S/C17H19NO/c1-19-15-8-6-12(7-9-15)10-14-11-13-4-2-3-5-16(13)17(14)18/h2-9,14,17H,10-11,18H2,1H3. The van der Waals surface area contributed by atoms with Crippen LogP contribution < -0.4 is 10.5 Å². The quantitative estimate of drug-likeness (QED) is 0.912. The fourth-order valence-electron chi connectivity index (χ4n) is 2.97. The molecule has 0 aromatic heterocycles. The third-order valence-corrected chi connectivity index (χ3v) is 4.06. The van der Waals surface area contributed by atoms with Gasteiger partial charge in [-0.05, 0) is 47.6 Å². The summed E-state index contributed by atoms with van der Waals surface area (Å²) in [6.07, 6.45) is 2.11. The van der Waals surface area contributed by atoms with Crippen molar-refractivity contribution >= 4 is 0 Å². The van der Waals surface area contributed by atoms with Crippen molar-refractivity contribution in [2.75, 3.05) is 7.11 Å². The Kier molecular flexibility index (Phi) is 3.26. The second-order valence-electron chi connectivity index (χ2n) is 5.24. The molecule has 0 amide bonds. The maximum Gasteiger partial charge on any atom is 0.118 e. The van der Waals surface area contributed by atoms with Crippen molar-refractivity contribution in [1.29, 1.82) is 0 Å². The zero-order valence-electron chi connectivity index (χ0n) is 11.2. The Morgan fingerprint density at radius 2 is 1.84 bits per heavy atom. The summed E-state index contributed by atoms with van der Waals surface area (Å²) in [5, 5.41) is 0. The predicted molar refractivity (Wildman–Crippen MR) is 77.3 cm³/mol. The van der Waals surface area contributed by atoms with Gasteiger partial charge in [0.1, 0.15) is 5.75 Å². The molecule has 0 bridgehead atoms. The number of methoxy groups -OCH3 is 1. The highest BCUT2D eigenvalue weighted by Gasteiger charge is 2.29. The number of rotatable bonds is 3. The summed E-state index contributed by atoms with van der Waals surface area (Å²) in [7, 11) is 1.69. The van der Waals surface area contributed by atoms with Gasteiger partial charge in [-0.25, -0.2) is 0 Å². The van der Waals surface area contributed by atoms with E-state index >= 15 is 0 Å². The van der Waals surface area contributed by atoms with Gasteiger partial charge in [0.15, 0.2) is 0 Å². The summed E-state index contributed by atoms with van der Waals surface area (Å²) < 4.78 is 5.19. The van der Waals surface area contributed by atoms with E-state index in [1.807, 2.05) is 12.1 Å². The largest absolute Gasteiger partial charge is 0.497 e. The maximum absolute atomic E-state index is 6.37. The van der Waals surface area contributed by atoms with Gasteiger partial charge in [-0.3, -0.25) is 0 Å². The second kappa shape index (κ2) is 5.06. The average Bonchev–Trinajstić information content (AvgIpc) is 2.77. The van der Waals surface area contributed by atoms with E-state index in [-0.39, 0.29) is 6.04 Å². The van der Waals surface area contributed by atoms with E-state index in [0.717, 1.165) is 18.6 Å². The Morgan fingerprint density at radius 3 is 2.53 bits per heavy atom. The molecule has 0 radical (unpaired) electrons. The molecule has 0 fully saturated rings. The summed E-state index contributed by atoms with van der Waals surface area (Å²) in [6, 6.07) is 17.0. The molecule has 2 aromatic rings. The lowest BCUT2D eigenvalue weighted by atomic mass is 9.93. The van der Waals surface area contributed by atoms with Crippen LogP contribution in [0.3, 0.4) is 0 Å². The third kappa shape index (κ3) is 2.36. The first kappa shape index (κ1) is 12.2. The lowest BCUT2D eigenvalue weighted by molar-refractivity contribution is 0.414. The number of fused-ring (bicyclic) bond motifs is 1. The van der Waals surface area contributed by atoms with Crippen LogP contribution in [0.5, 0.6) is 5.75 Å². The van der Waals surface area contributed by atoms with Gasteiger partial charge in [0.05, 0.1) is 7.11 Å². The molecule has 2 N–H and O–H groups in total. The molecule has 2 unspecified atom stereocenters. The third-order valence-electron chi connectivity index (χ3n) is 4.06. The van der Waals surface area contributed by atoms with Gasteiger partial charge >= 0.3 is 0 Å². The fraction of sp³-hybridized carbons (Fsp3) is 0.294. The van der Waals surface area contributed by atoms with Crippen molar-refractivity contribution in [2.24, 2.45) is 11.7 Å². The highest BCUT2D eigenvalue weighted by atomic mass is 16.5. The van der Waals surface area contributed by atoms with E-state index in [2.05, 4.69) is 36.4 Å². The van der Waals surface area contributed by atoms with Crippen LogP contribution >= 0.6 is 0 Å². The first-order chi connectivity index (χ1) is 9.28. The zero-order valence-corrected chi connectivity index (χ0v) is 11.2. The molecule has 2 aromatic carbocycles. The van der Waals surface area contributed by atoms with E-state index in [9.17, 15) is 0 Å². The summed E-state index contributed by atoms with van der Waals surface area (Å²) in [4.78, 5) is 0. The topological polar surface area (TPSA) is 35.2 Å². The van der Waals surface area contributed by atoms with Gasteiger partial charge in [0.2, 0.25) is 0 Å². The molecule has 0 aliphatic heterocycles. The number of nitrogens with two attached hydrogens (primary N) is 1. The lowest BCUT2D eigenvalue weighted by Gasteiger charge is -2.16. The molecule has 0 saturated heterocycles. The van der Waals surface area contributed by atoms with Crippen molar-refractivity contribution in [2.45, 2.75) is 18.9 Å². The number of hydrogen-bond acceptors (Lipinski definition) is 2. The molecular formula is C17H19NO. The van der Waals surface area contributed by atoms with Gasteiger partial charge < -0.3 is 10.5 Å². The summed E-state index contributed by atoms with van der Waals surface area (Å²) in [5.74, 6) is 1.41. The minimum absolute atomic E-state index is 0.165.